The Bertz CT molecular complexity index is 280. The number of halogens is 3. The number of alkyl halides is 3. The third kappa shape index (κ3) is 2.73. The second-order valence-electron chi connectivity index (χ2n) is 2.69. The van der Waals surface area contributed by atoms with E-state index in [1.807, 2.05) is 0 Å². The fourth-order valence-electron chi connectivity index (χ4n) is 1.04. The van der Waals surface area contributed by atoms with E-state index in [1.54, 1.807) is 11.4 Å². The van der Waals surface area contributed by atoms with E-state index in [0.717, 1.165) is 12.1 Å². The normalized spacial score (nSPS) is 11.7. The summed E-state index contributed by atoms with van der Waals surface area (Å²) in [6.07, 6.45) is -4.25. The highest BCUT2D eigenvalue weighted by Gasteiger charge is 2.30. The monoisotopic (exact) mass is 189 g/mol. The van der Waals surface area contributed by atoms with Gasteiger partial charge in [0.05, 0.1) is 12.1 Å². The molecule has 4 heteroatoms. The van der Waals surface area contributed by atoms with Crippen LogP contribution in [0.25, 0.3) is 0 Å². The molecule has 0 amide bonds. The number of benzene rings is 1. The predicted octanol–water partition coefficient (Wildman–Crippen LogP) is 1.56. The quantitative estimate of drug-likeness (QED) is 0.680. The molecule has 1 aromatic carbocycles. The molecule has 0 saturated heterocycles. The van der Waals surface area contributed by atoms with E-state index in [-0.39, 0.29) is 0 Å². The van der Waals surface area contributed by atoms with Crippen LogP contribution in [0.5, 0.6) is 0 Å². The van der Waals surface area contributed by atoms with Crippen molar-refractivity contribution < 1.29 is 18.5 Å². The zero-order chi connectivity index (χ0) is 9.90. The van der Waals surface area contributed by atoms with Crippen LogP contribution >= 0.6 is 0 Å². The number of hydrogen-bond acceptors (Lipinski definition) is 0. The summed E-state index contributed by atoms with van der Waals surface area (Å²) < 4.78 is 36.5. The van der Waals surface area contributed by atoms with Gasteiger partial charge in [-0.3, -0.25) is 0 Å². The Kier molecular flexibility index (Phi) is 2.93. The third-order valence-electron chi connectivity index (χ3n) is 1.63. The van der Waals surface area contributed by atoms with Crippen LogP contribution < -0.4 is 5.32 Å². The van der Waals surface area contributed by atoms with Gasteiger partial charge in [0.2, 0.25) is 0 Å². The van der Waals surface area contributed by atoms with Crippen molar-refractivity contribution in [2.75, 3.05) is 0 Å². The Morgan fingerprint density at radius 1 is 1.31 bits per heavy atom. The van der Waals surface area contributed by atoms with Crippen molar-refractivity contribution in [1.29, 1.82) is 0 Å². The molecule has 0 spiro atoms. The Morgan fingerprint density at radius 3 is 2.54 bits per heavy atom. The molecule has 0 aromatic heterocycles. The van der Waals surface area contributed by atoms with Crippen LogP contribution in [-0.2, 0) is 12.7 Å². The van der Waals surface area contributed by atoms with Crippen LogP contribution in [0.4, 0.5) is 13.2 Å². The van der Waals surface area contributed by atoms with Crippen LogP contribution in [0, 0.1) is 7.05 Å². The molecule has 0 atom stereocenters. The first-order valence-corrected chi connectivity index (χ1v) is 3.81. The molecule has 0 bridgehead atoms. The number of nitrogens with two attached hydrogens (primary N) is 1. The van der Waals surface area contributed by atoms with Crippen molar-refractivity contribution >= 4 is 0 Å². The largest absolute Gasteiger partial charge is 0.475 e. The van der Waals surface area contributed by atoms with E-state index < -0.39 is 11.7 Å². The van der Waals surface area contributed by atoms with Gasteiger partial charge >= 0.3 is 6.18 Å². The predicted molar refractivity (Wildman–Crippen MR) is 42.4 cm³/mol. The van der Waals surface area contributed by atoms with E-state index in [0.29, 0.717) is 12.1 Å². The summed E-state index contributed by atoms with van der Waals surface area (Å²) in [4.78, 5) is 0. The lowest BCUT2D eigenvalue weighted by atomic mass is 10.1. The molecule has 0 radical (unpaired) electrons. The number of hydrogen-bond donors (Lipinski definition) is 1. The molecule has 1 rings (SSSR count). The van der Waals surface area contributed by atoms with E-state index in [1.165, 1.54) is 6.07 Å². The first kappa shape index (κ1) is 10.1. The molecule has 0 heterocycles. The highest BCUT2D eigenvalue weighted by Crippen LogP contribution is 2.29. The maximum Gasteiger partial charge on any atom is 0.416 e. The first-order chi connectivity index (χ1) is 6.04. The topological polar surface area (TPSA) is 16.6 Å². The van der Waals surface area contributed by atoms with Crippen molar-refractivity contribution in [2.45, 2.75) is 12.7 Å². The van der Waals surface area contributed by atoms with Crippen molar-refractivity contribution in [1.82, 2.24) is 0 Å². The lowest BCUT2D eigenvalue weighted by Gasteiger charge is -2.08. The smallest absolute Gasteiger partial charge is 0.416 e. The van der Waals surface area contributed by atoms with Crippen LogP contribution in [0.15, 0.2) is 24.3 Å². The van der Waals surface area contributed by atoms with Gasteiger partial charge in [-0.15, -0.1) is 0 Å². The molecule has 13 heavy (non-hydrogen) atoms. The minimum Gasteiger partial charge on any atom is -0.475 e. The van der Waals surface area contributed by atoms with Crippen LogP contribution in [0.3, 0.4) is 0 Å². The second-order valence-corrected chi connectivity index (χ2v) is 2.69. The number of rotatable bonds is 2. The SMILES string of the molecule is [CH2-][NH2+]Cc1cccc(C(F)(F)F)c1. The molecule has 2 N–H and O–H groups in total. The van der Waals surface area contributed by atoms with Gasteiger partial charge in [-0.05, 0) is 12.1 Å². The van der Waals surface area contributed by atoms with Crippen molar-refractivity contribution in [3.63, 3.8) is 0 Å². The standard InChI is InChI=1S/C9H10F3N/c1-13-6-7-3-2-4-8(5-7)9(10,11)12/h2-5H,1,6,13H2. The fraction of sp³-hybridized carbons (Fsp3) is 0.222. The minimum atomic E-state index is -4.25. The van der Waals surface area contributed by atoms with Crippen LogP contribution in [-0.4, -0.2) is 0 Å². The van der Waals surface area contributed by atoms with E-state index in [2.05, 4.69) is 7.05 Å². The molecule has 0 aliphatic heterocycles. The summed E-state index contributed by atoms with van der Waals surface area (Å²) >= 11 is 0. The summed E-state index contributed by atoms with van der Waals surface area (Å²) in [5, 5.41) is 1.58. The molecule has 0 unspecified atom stereocenters. The Morgan fingerprint density at radius 2 is 2.00 bits per heavy atom. The summed E-state index contributed by atoms with van der Waals surface area (Å²) in [6.45, 7) is 0.462. The summed E-state index contributed by atoms with van der Waals surface area (Å²) in [6, 6.07) is 5.26. The van der Waals surface area contributed by atoms with Crippen molar-refractivity contribution in [3.05, 3.63) is 42.4 Å². The van der Waals surface area contributed by atoms with E-state index in [9.17, 15) is 13.2 Å². The highest BCUT2D eigenvalue weighted by molar-refractivity contribution is 5.24. The zero-order valence-corrected chi connectivity index (χ0v) is 6.93. The molecule has 72 valence electrons. The number of quaternary nitrogens is 1. The third-order valence-corrected chi connectivity index (χ3v) is 1.63. The summed E-state index contributed by atoms with van der Waals surface area (Å²) in [7, 11) is 3.47. The van der Waals surface area contributed by atoms with Crippen LogP contribution in [0.2, 0.25) is 0 Å². The molecule has 0 aliphatic carbocycles. The van der Waals surface area contributed by atoms with Gasteiger partial charge in [0.25, 0.3) is 0 Å². The Hall–Kier alpha value is -1.03. The van der Waals surface area contributed by atoms with Gasteiger partial charge in [0.15, 0.2) is 0 Å². The summed E-state index contributed by atoms with van der Waals surface area (Å²) in [5.41, 5.74) is 0.0247. The van der Waals surface area contributed by atoms with Gasteiger partial charge in [0, 0.05) is 5.56 Å². The second kappa shape index (κ2) is 3.79. The maximum atomic E-state index is 12.2. The summed E-state index contributed by atoms with van der Waals surface area (Å²) in [5.74, 6) is 0. The van der Waals surface area contributed by atoms with Gasteiger partial charge in [0.1, 0.15) is 0 Å². The molecule has 0 fully saturated rings. The molecule has 0 saturated carbocycles. The van der Waals surface area contributed by atoms with Crippen molar-refractivity contribution in [2.24, 2.45) is 0 Å². The van der Waals surface area contributed by atoms with Crippen LogP contribution in [0.1, 0.15) is 11.1 Å². The Balaban J connectivity index is 2.92. The maximum absolute atomic E-state index is 12.2. The average Bonchev–Trinajstić information content (AvgIpc) is 2.04. The molecular formula is C9H10F3N. The minimum absolute atomic E-state index is 0.462. The Labute approximate surface area is 74.6 Å². The van der Waals surface area contributed by atoms with Gasteiger partial charge in [-0.2, -0.15) is 20.2 Å². The fourth-order valence-corrected chi connectivity index (χ4v) is 1.04. The van der Waals surface area contributed by atoms with Gasteiger partial charge in [-0.1, -0.05) is 12.1 Å². The van der Waals surface area contributed by atoms with Gasteiger partial charge in [-0.25, -0.2) is 0 Å². The highest BCUT2D eigenvalue weighted by atomic mass is 19.4. The van der Waals surface area contributed by atoms with E-state index in [4.69, 9.17) is 0 Å². The van der Waals surface area contributed by atoms with E-state index >= 15 is 0 Å². The molecule has 1 nitrogen and oxygen atoms in total. The van der Waals surface area contributed by atoms with Crippen molar-refractivity contribution in [3.8, 4) is 0 Å². The first-order valence-electron chi connectivity index (χ1n) is 3.81. The lowest BCUT2D eigenvalue weighted by Crippen LogP contribution is -2.74. The lowest BCUT2D eigenvalue weighted by molar-refractivity contribution is -0.612. The molecule has 0 aliphatic rings. The zero-order valence-electron chi connectivity index (χ0n) is 6.93. The van der Waals surface area contributed by atoms with Gasteiger partial charge < -0.3 is 5.32 Å². The molecule has 1 aromatic rings. The average molecular weight is 189 g/mol. The molecular weight excluding hydrogens is 179 g/mol.